The quantitative estimate of drug-likeness (QED) is 0.354. The molecule has 13 nitrogen and oxygen atoms in total. The first-order valence-electron chi connectivity index (χ1n) is 11.0. The van der Waals surface area contributed by atoms with E-state index in [1.54, 1.807) is 24.3 Å². The maximum atomic E-state index is 13.0. The first-order chi connectivity index (χ1) is 16.5. The number of aromatic amines is 1. The summed E-state index contributed by atoms with van der Waals surface area (Å²) in [5.41, 5.74) is 5.96. The molecule has 4 amide bonds. The van der Waals surface area contributed by atoms with Crippen LogP contribution in [-0.2, 0) is 21.7 Å². The number of carbonyl (C=O) groups is 3. The van der Waals surface area contributed by atoms with Crippen molar-refractivity contribution >= 4 is 29.4 Å². The molecule has 13 heteroatoms. The van der Waals surface area contributed by atoms with E-state index in [2.05, 4.69) is 15.7 Å². The third-order valence-electron chi connectivity index (χ3n) is 5.81. The molecule has 5 N–H and O–H groups in total. The topological polar surface area (TPSA) is 172 Å². The summed E-state index contributed by atoms with van der Waals surface area (Å²) >= 11 is 0. The van der Waals surface area contributed by atoms with Gasteiger partial charge in [-0.1, -0.05) is 25.5 Å². The number of nitrogens with zero attached hydrogens (tertiary/aromatic N) is 3. The molecule has 1 aromatic carbocycles. The minimum Gasteiger partial charge on any atom is -0.497 e. The van der Waals surface area contributed by atoms with Gasteiger partial charge in [0.25, 0.3) is 17.4 Å². The number of nitrogens with one attached hydrogen (secondary N) is 3. The summed E-state index contributed by atoms with van der Waals surface area (Å²) in [4.78, 5) is 66.2. The van der Waals surface area contributed by atoms with E-state index in [9.17, 15) is 24.0 Å². The van der Waals surface area contributed by atoms with Crippen LogP contribution in [0, 0.1) is 0 Å². The standard InChI is InChI=1S/C22H29N7O6/c1-5-6-11-28-17(23)16(18(31)24-20(28)33)27(3)12-15(30)26-29-19(32)22(2,25-21(29)34)13-7-9-14(35-4)10-8-13/h7-10H,5-6,11-12,23H2,1-4H3,(H,25,34)(H,26,30)(H,24,31,33). The van der Waals surface area contributed by atoms with Gasteiger partial charge in [-0.15, -0.1) is 0 Å². The fourth-order valence-electron chi connectivity index (χ4n) is 3.80. The van der Waals surface area contributed by atoms with Gasteiger partial charge in [0.05, 0.1) is 13.7 Å². The van der Waals surface area contributed by atoms with Gasteiger partial charge < -0.3 is 20.7 Å². The molecule has 0 radical (unpaired) electrons. The van der Waals surface area contributed by atoms with Crippen LogP contribution in [0.4, 0.5) is 16.3 Å². The number of hydrogen-bond donors (Lipinski definition) is 4. The molecule has 1 aromatic heterocycles. The fourth-order valence-corrected chi connectivity index (χ4v) is 3.80. The van der Waals surface area contributed by atoms with Crippen LogP contribution in [0.3, 0.4) is 0 Å². The van der Waals surface area contributed by atoms with Crippen LogP contribution in [-0.4, -0.2) is 53.1 Å². The van der Waals surface area contributed by atoms with E-state index < -0.39 is 41.2 Å². The largest absolute Gasteiger partial charge is 0.497 e. The van der Waals surface area contributed by atoms with Crippen LogP contribution in [0.25, 0.3) is 0 Å². The minimum atomic E-state index is -1.40. The molecule has 0 saturated carbocycles. The molecule has 1 saturated heterocycles. The average Bonchev–Trinajstić information content (AvgIpc) is 3.02. The summed E-state index contributed by atoms with van der Waals surface area (Å²) in [7, 11) is 2.94. The Morgan fingerprint density at radius 3 is 2.46 bits per heavy atom. The van der Waals surface area contributed by atoms with Crippen molar-refractivity contribution in [1.82, 2.24) is 25.3 Å². The number of benzene rings is 1. The Morgan fingerprint density at radius 2 is 1.86 bits per heavy atom. The second kappa shape index (κ2) is 9.91. The second-order valence-corrected chi connectivity index (χ2v) is 8.31. The number of rotatable bonds is 9. The first-order valence-corrected chi connectivity index (χ1v) is 11.0. The number of aromatic nitrogens is 2. The lowest BCUT2D eigenvalue weighted by Gasteiger charge is -2.24. The number of ether oxygens (including phenoxy) is 1. The summed E-state index contributed by atoms with van der Waals surface area (Å²) < 4.78 is 6.34. The number of urea groups is 1. The molecule has 1 aliphatic heterocycles. The highest BCUT2D eigenvalue weighted by Crippen LogP contribution is 2.29. The Balaban J connectivity index is 1.76. The molecule has 1 aliphatic rings. The van der Waals surface area contributed by atoms with E-state index in [0.29, 0.717) is 29.3 Å². The third kappa shape index (κ3) is 4.83. The van der Waals surface area contributed by atoms with Gasteiger partial charge in [0.2, 0.25) is 0 Å². The van der Waals surface area contributed by atoms with Gasteiger partial charge in [-0.05, 0) is 31.0 Å². The maximum Gasteiger partial charge on any atom is 0.344 e. The smallest absolute Gasteiger partial charge is 0.344 e. The lowest BCUT2D eigenvalue weighted by molar-refractivity contribution is -0.138. The number of hydrogen-bond acceptors (Lipinski definition) is 8. The lowest BCUT2D eigenvalue weighted by Crippen LogP contribution is -2.51. The number of amides is 4. The van der Waals surface area contributed by atoms with Crippen molar-refractivity contribution in [2.24, 2.45) is 0 Å². The number of anilines is 2. The van der Waals surface area contributed by atoms with E-state index in [4.69, 9.17) is 10.5 Å². The molecule has 2 aromatic rings. The van der Waals surface area contributed by atoms with E-state index in [-0.39, 0.29) is 11.5 Å². The number of carbonyl (C=O) groups excluding carboxylic acids is 3. The number of hydrazine groups is 1. The van der Waals surface area contributed by atoms with Gasteiger partial charge in [0.15, 0.2) is 0 Å². The predicted octanol–water partition coefficient (Wildman–Crippen LogP) is -0.138. The summed E-state index contributed by atoms with van der Waals surface area (Å²) in [6.07, 6.45) is 1.47. The Labute approximate surface area is 200 Å². The number of nitrogens with two attached hydrogens (primary N) is 1. The Hall–Kier alpha value is -4.29. The van der Waals surface area contributed by atoms with Crippen LogP contribution in [0.5, 0.6) is 5.75 Å². The Morgan fingerprint density at radius 1 is 1.20 bits per heavy atom. The van der Waals surface area contributed by atoms with Gasteiger partial charge in [-0.25, -0.2) is 9.59 Å². The number of imide groups is 1. The third-order valence-corrected chi connectivity index (χ3v) is 5.81. The van der Waals surface area contributed by atoms with Crippen LogP contribution in [0.15, 0.2) is 33.9 Å². The molecule has 0 bridgehead atoms. The number of methoxy groups -OCH3 is 1. The molecule has 3 rings (SSSR count). The number of nitrogen functional groups attached to an aromatic ring is 1. The Bertz CT molecular complexity index is 1250. The molecule has 1 fully saturated rings. The van der Waals surface area contributed by atoms with Crippen molar-refractivity contribution in [1.29, 1.82) is 0 Å². The molecular formula is C22H29N7O6. The fraction of sp³-hybridized carbons (Fsp3) is 0.409. The monoisotopic (exact) mass is 487 g/mol. The van der Waals surface area contributed by atoms with Gasteiger partial charge in [0.1, 0.15) is 22.8 Å². The molecule has 1 atom stereocenters. The summed E-state index contributed by atoms with van der Waals surface area (Å²) in [6, 6.07) is 5.77. The van der Waals surface area contributed by atoms with Crippen molar-refractivity contribution in [2.75, 3.05) is 31.3 Å². The van der Waals surface area contributed by atoms with Crippen LogP contribution in [0.2, 0.25) is 0 Å². The van der Waals surface area contributed by atoms with Gasteiger partial charge in [-0.2, -0.15) is 5.01 Å². The molecule has 35 heavy (non-hydrogen) atoms. The Kier molecular flexibility index (Phi) is 7.17. The number of unbranched alkanes of at least 4 members (excludes halogenated alkanes) is 1. The zero-order valence-corrected chi connectivity index (χ0v) is 20.0. The maximum absolute atomic E-state index is 13.0. The van der Waals surface area contributed by atoms with Crippen molar-refractivity contribution < 1.29 is 19.1 Å². The van der Waals surface area contributed by atoms with Crippen LogP contribution >= 0.6 is 0 Å². The van der Waals surface area contributed by atoms with Gasteiger partial charge in [0, 0.05) is 13.6 Å². The van der Waals surface area contributed by atoms with E-state index in [1.165, 1.54) is 30.5 Å². The highest BCUT2D eigenvalue weighted by Gasteiger charge is 2.50. The van der Waals surface area contributed by atoms with Crippen LogP contribution < -0.4 is 37.4 Å². The van der Waals surface area contributed by atoms with E-state index >= 15 is 0 Å². The summed E-state index contributed by atoms with van der Waals surface area (Å²) in [5.74, 6) is -0.934. The highest BCUT2D eigenvalue weighted by molar-refractivity contribution is 6.08. The summed E-state index contributed by atoms with van der Waals surface area (Å²) in [6.45, 7) is 3.35. The molecular weight excluding hydrogens is 458 g/mol. The van der Waals surface area contributed by atoms with Gasteiger partial charge >= 0.3 is 11.7 Å². The predicted molar refractivity (Wildman–Crippen MR) is 128 cm³/mol. The van der Waals surface area contributed by atoms with Crippen molar-refractivity contribution in [3.05, 3.63) is 50.7 Å². The van der Waals surface area contributed by atoms with Crippen molar-refractivity contribution in [2.45, 2.75) is 38.8 Å². The number of likely N-dealkylation sites (N-methyl/N-ethyl adjacent to an activating group) is 1. The normalized spacial score (nSPS) is 17.3. The minimum absolute atomic E-state index is 0.0730. The van der Waals surface area contributed by atoms with Crippen LogP contribution in [0.1, 0.15) is 32.3 Å². The van der Waals surface area contributed by atoms with Crippen molar-refractivity contribution in [3.8, 4) is 5.75 Å². The molecule has 2 heterocycles. The first kappa shape index (κ1) is 25.3. The SMILES string of the molecule is CCCCn1c(N)c(N(C)CC(=O)NN2C(=O)NC(C)(c3ccc(OC)cc3)C2=O)c(=O)[nH]c1=O. The summed E-state index contributed by atoms with van der Waals surface area (Å²) in [5, 5.41) is 3.17. The molecule has 1 unspecified atom stereocenters. The van der Waals surface area contributed by atoms with E-state index in [1.807, 2.05) is 6.92 Å². The van der Waals surface area contributed by atoms with Gasteiger partial charge in [-0.3, -0.25) is 29.4 Å². The second-order valence-electron chi connectivity index (χ2n) is 8.31. The number of H-pyrrole nitrogens is 1. The van der Waals surface area contributed by atoms with Crippen molar-refractivity contribution in [3.63, 3.8) is 0 Å². The molecule has 188 valence electrons. The zero-order valence-electron chi connectivity index (χ0n) is 20.0. The molecule has 0 spiro atoms. The molecule has 0 aliphatic carbocycles. The lowest BCUT2D eigenvalue weighted by atomic mass is 9.92. The highest BCUT2D eigenvalue weighted by atomic mass is 16.5. The van der Waals surface area contributed by atoms with E-state index in [0.717, 1.165) is 6.42 Å². The zero-order chi connectivity index (χ0) is 25.9. The average molecular weight is 488 g/mol.